The summed E-state index contributed by atoms with van der Waals surface area (Å²) in [5.74, 6) is 0.364. The number of carbonyl (C=O) groups is 3. The minimum atomic E-state index is -1.000. The van der Waals surface area contributed by atoms with Gasteiger partial charge >= 0.3 is 11.9 Å². The van der Waals surface area contributed by atoms with Crippen LogP contribution in [-0.4, -0.2) is 42.1 Å². The molecule has 0 aromatic rings. The van der Waals surface area contributed by atoms with E-state index in [4.69, 9.17) is 9.47 Å². The van der Waals surface area contributed by atoms with Gasteiger partial charge in [-0.05, 0) is 44.1 Å². The summed E-state index contributed by atoms with van der Waals surface area (Å²) in [6.07, 6.45) is 39.1. The number of carbonyl (C=O) groups excluding carboxylic acids is 3. The Hall–Kier alpha value is -1.95. The highest BCUT2D eigenvalue weighted by Gasteiger charge is 2.12. The number of unbranched alkanes of at least 4 members (excludes halogenated alkanes) is 22. The van der Waals surface area contributed by atoms with E-state index in [1.54, 1.807) is 6.08 Å². The minimum Gasteiger partial charge on any atom is -0.463 e. The van der Waals surface area contributed by atoms with Gasteiger partial charge < -0.3 is 14.6 Å². The molecule has 0 saturated carbocycles. The van der Waals surface area contributed by atoms with Crippen molar-refractivity contribution in [2.75, 3.05) is 13.2 Å². The van der Waals surface area contributed by atoms with Crippen molar-refractivity contribution in [3.8, 4) is 0 Å². The Morgan fingerprint density at radius 3 is 1.37 bits per heavy atom. The summed E-state index contributed by atoms with van der Waals surface area (Å²) in [6, 6.07) is 0. The number of rotatable bonds is 37. The summed E-state index contributed by atoms with van der Waals surface area (Å²) >= 11 is 0. The standard InChI is InChI=1S/C43H78O6/c1-4-5-6-7-18-23-28-33-40(44)34-29-24-21-26-31-36-43(47)49-38-41(45)37-48-42(46)35-30-25-20-17-15-13-11-9-8-10-12-14-16-19-22-27-32-39(2)3/h18,23,28,33,39,41,45H,4-17,19-22,24-27,29-32,34-38H2,1-3H3/b23-18-,33-28+/t41-/m1/s1. The van der Waals surface area contributed by atoms with Crippen LogP contribution < -0.4 is 0 Å². The number of esters is 2. The van der Waals surface area contributed by atoms with Crippen LogP contribution in [0.3, 0.4) is 0 Å². The predicted octanol–water partition coefficient (Wildman–Crippen LogP) is 12.1. The molecule has 1 atom stereocenters. The van der Waals surface area contributed by atoms with Gasteiger partial charge in [-0.1, -0.05) is 174 Å². The van der Waals surface area contributed by atoms with Gasteiger partial charge in [0.1, 0.15) is 19.3 Å². The summed E-state index contributed by atoms with van der Waals surface area (Å²) in [4.78, 5) is 35.9. The van der Waals surface area contributed by atoms with Gasteiger partial charge in [-0.2, -0.15) is 0 Å². The molecular formula is C43H78O6. The molecule has 0 aliphatic carbocycles. The molecule has 0 amide bonds. The normalized spacial score (nSPS) is 12.3. The number of ketones is 1. The topological polar surface area (TPSA) is 89.9 Å². The van der Waals surface area contributed by atoms with Crippen LogP contribution in [0.5, 0.6) is 0 Å². The highest BCUT2D eigenvalue weighted by molar-refractivity contribution is 5.89. The lowest BCUT2D eigenvalue weighted by molar-refractivity contribution is -0.152. The second-order valence-electron chi connectivity index (χ2n) is 14.6. The Labute approximate surface area is 302 Å². The Kier molecular flexibility index (Phi) is 35.8. The number of allylic oxidation sites excluding steroid dienone is 4. The van der Waals surface area contributed by atoms with Crippen LogP contribution in [0.25, 0.3) is 0 Å². The highest BCUT2D eigenvalue weighted by atomic mass is 16.6. The summed E-state index contributed by atoms with van der Waals surface area (Å²) in [5.41, 5.74) is 0. The van der Waals surface area contributed by atoms with Gasteiger partial charge in [-0.15, -0.1) is 0 Å². The van der Waals surface area contributed by atoms with E-state index < -0.39 is 6.10 Å². The maximum absolute atomic E-state index is 12.0. The Bertz CT molecular complexity index is 817. The third kappa shape index (κ3) is 38.7. The maximum Gasteiger partial charge on any atom is 0.305 e. The fraction of sp³-hybridized carbons (Fsp3) is 0.837. The van der Waals surface area contributed by atoms with Gasteiger partial charge in [0.05, 0.1) is 0 Å². The van der Waals surface area contributed by atoms with Crippen LogP contribution in [0.2, 0.25) is 0 Å². The van der Waals surface area contributed by atoms with E-state index >= 15 is 0 Å². The molecule has 286 valence electrons. The molecule has 6 heteroatoms. The average molecular weight is 691 g/mol. The quantitative estimate of drug-likeness (QED) is 0.0302. The van der Waals surface area contributed by atoms with Crippen LogP contribution in [0, 0.1) is 5.92 Å². The third-order valence-corrected chi connectivity index (χ3v) is 9.09. The molecule has 0 fully saturated rings. The zero-order valence-corrected chi connectivity index (χ0v) is 32.4. The first kappa shape index (κ1) is 47.0. The molecular weight excluding hydrogens is 612 g/mol. The number of hydrogen-bond donors (Lipinski definition) is 1. The third-order valence-electron chi connectivity index (χ3n) is 9.09. The van der Waals surface area contributed by atoms with E-state index in [0.29, 0.717) is 19.3 Å². The van der Waals surface area contributed by atoms with Crippen molar-refractivity contribution in [1.29, 1.82) is 0 Å². The molecule has 0 bridgehead atoms. The largest absolute Gasteiger partial charge is 0.463 e. The second kappa shape index (κ2) is 37.3. The predicted molar refractivity (Wildman–Crippen MR) is 206 cm³/mol. The molecule has 0 heterocycles. The lowest BCUT2D eigenvalue weighted by Gasteiger charge is -2.12. The average Bonchev–Trinajstić information content (AvgIpc) is 3.08. The van der Waals surface area contributed by atoms with Crippen molar-refractivity contribution in [2.45, 2.75) is 213 Å². The van der Waals surface area contributed by atoms with E-state index in [0.717, 1.165) is 63.7 Å². The summed E-state index contributed by atoms with van der Waals surface area (Å²) < 4.78 is 10.3. The Balaban J connectivity index is 3.47. The number of aliphatic hydroxyl groups excluding tert-OH is 1. The van der Waals surface area contributed by atoms with Crippen LogP contribution in [0.4, 0.5) is 0 Å². The van der Waals surface area contributed by atoms with Crippen molar-refractivity contribution in [3.63, 3.8) is 0 Å². The fourth-order valence-electron chi connectivity index (χ4n) is 5.90. The van der Waals surface area contributed by atoms with Gasteiger partial charge in [-0.25, -0.2) is 0 Å². The number of aliphatic hydroxyl groups is 1. The zero-order chi connectivity index (χ0) is 36.0. The summed E-state index contributed by atoms with van der Waals surface area (Å²) in [7, 11) is 0. The van der Waals surface area contributed by atoms with Gasteiger partial charge in [0.25, 0.3) is 0 Å². The smallest absolute Gasteiger partial charge is 0.305 e. The van der Waals surface area contributed by atoms with E-state index in [2.05, 4.69) is 26.8 Å². The van der Waals surface area contributed by atoms with E-state index in [9.17, 15) is 19.5 Å². The van der Waals surface area contributed by atoms with Gasteiger partial charge in [-0.3, -0.25) is 14.4 Å². The van der Waals surface area contributed by atoms with Crippen LogP contribution >= 0.6 is 0 Å². The summed E-state index contributed by atoms with van der Waals surface area (Å²) in [5, 5.41) is 10.0. The van der Waals surface area contributed by atoms with E-state index in [1.165, 1.54) is 109 Å². The van der Waals surface area contributed by atoms with Crippen LogP contribution in [-0.2, 0) is 23.9 Å². The fourth-order valence-corrected chi connectivity index (χ4v) is 5.90. The molecule has 0 unspecified atom stereocenters. The first-order valence-corrected chi connectivity index (χ1v) is 20.7. The maximum atomic E-state index is 12.0. The molecule has 0 aromatic heterocycles. The second-order valence-corrected chi connectivity index (χ2v) is 14.6. The molecule has 1 N–H and O–H groups in total. The molecule has 49 heavy (non-hydrogen) atoms. The lowest BCUT2D eigenvalue weighted by Crippen LogP contribution is -2.25. The molecule has 0 radical (unpaired) electrons. The minimum absolute atomic E-state index is 0.145. The van der Waals surface area contributed by atoms with Gasteiger partial charge in [0, 0.05) is 19.3 Å². The molecule has 6 nitrogen and oxygen atoms in total. The molecule has 0 aromatic carbocycles. The van der Waals surface area contributed by atoms with Crippen molar-refractivity contribution < 1.29 is 29.0 Å². The van der Waals surface area contributed by atoms with Crippen molar-refractivity contribution in [3.05, 3.63) is 24.3 Å². The van der Waals surface area contributed by atoms with Crippen molar-refractivity contribution >= 4 is 17.7 Å². The number of ether oxygens (including phenoxy) is 2. The summed E-state index contributed by atoms with van der Waals surface area (Å²) in [6.45, 7) is 6.52. The zero-order valence-electron chi connectivity index (χ0n) is 32.4. The van der Waals surface area contributed by atoms with E-state index in [-0.39, 0.29) is 30.9 Å². The number of hydrogen-bond acceptors (Lipinski definition) is 6. The SMILES string of the molecule is CCCCC/C=C\C=C\C(=O)CCCCCCCC(=O)OC[C@H](O)COC(=O)CCCCCCCCCCCCCCCCCCC(C)C. The van der Waals surface area contributed by atoms with Crippen LogP contribution in [0.1, 0.15) is 207 Å². The lowest BCUT2D eigenvalue weighted by atomic mass is 10.0. The first-order valence-electron chi connectivity index (χ1n) is 20.7. The monoisotopic (exact) mass is 691 g/mol. The molecule has 0 spiro atoms. The van der Waals surface area contributed by atoms with Gasteiger partial charge in [0.15, 0.2) is 5.78 Å². The van der Waals surface area contributed by atoms with Crippen molar-refractivity contribution in [2.24, 2.45) is 5.92 Å². The van der Waals surface area contributed by atoms with Crippen LogP contribution in [0.15, 0.2) is 24.3 Å². The molecule has 0 aliphatic heterocycles. The molecule has 0 saturated heterocycles. The van der Waals surface area contributed by atoms with Gasteiger partial charge in [0.2, 0.25) is 0 Å². The first-order chi connectivity index (χ1) is 23.8. The van der Waals surface area contributed by atoms with Crippen molar-refractivity contribution in [1.82, 2.24) is 0 Å². The van der Waals surface area contributed by atoms with E-state index in [1.807, 2.05) is 12.2 Å². The highest BCUT2D eigenvalue weighted by Crippen LogP contribution is 2.15. The Morgan fingerprint density at radius 1 is 0.531 bits per heavy atom. The molecule has 0 aliphatic rings. The Morgan fingerprint density at radius 2 is 0.939 bits per heavy atom. The molecule has 0 rings (SSSR count).